The summed E-state index contributed by atoms with van der Waals surface area (Å²) in [7, 11) is 0. The van der Waals surface area contributed by atoms with Gasteiger partial charge in [-0.15, -0.1) is 0 Å². The number of imidazole rings is 1. The molecule has 0 amide bonds. The summed E-state index contributed by atoms with van der Waals surface area (Å²) in [6, 6.07) is 0. The van der Waals surface area contributed by atoms with Crippen LogP contribution in [0.15, 0.2) is 12.5 Å². The second kappa shape index (κ2) is 5.02. The van der Waals surface area contributed by atoms with Crippen molar-refractivity contribution in [3.05, 3.63) is 18.2 Å². The Hall–Kier alpha value is -0.830. The van der Waals surface area contributed by atoms with Gasteiger partial charge in [0.1, 0.15) is 0 Å². The third-order valence-electron chi connectivity index (χ3n) is 1.91. The number of aromatic nitrogens is 2. The van der Waals surface area contributed by atoms with Gasteiger partial charge in [0.2, 0.25) is 0 Å². The van der Waals surface area contributed by atoms with Crippen molar-refractivity contribution in [3.8, 4) is 0 Å². The lowest BCUT2D eigenvalue weighted by molar-refractivity contribution is 0.0748. The highest BCUT2D eigenvalue weighted by molar-refractivity contribution is 4.93. The van der Waals surface area contributed by atoms with Crippen LogP contribution < -0.4 is 0 Å². The fourth-order valence-corrected chi connectivity index (χ4v) is 1.17. The largest absolute Gasteiger partial charge is 0.379 e. The molecule has 0 aliphatic heterocycles. The normalized spacial score (nSPS) is 11.1. The van der Waals surface area contributed by atoms with E-state index in [4.69, 9.17) is 4.74 Å². The van der Waals surface area contributed by atoms with E-state index in [1.54, 1.807) is 0 Å². The van der Waals surface area contributed by atoms with Gasteiger partial charge in [0, 0.05) is 25.0 Å². The molecular weight excluding hydrogens is 164 g/mol. The molecular formula is C10H18N2O. The molecule has 0 aliphatic carbocycles. The number of rotatable bonds is 5. The minimum absolute atomic E-state index is 0.337. The van der Waals surface area contributed by atoms with E-state index >= 15 is 0 Å². The third kappa shape index (κ3) is 3.59. The quantitative estimate of drug-likeness (QED) is 0.651. The zero-order valence-corrected chi connectivity index (χ0v) is 8.66. The van der Waals surface area contributed by atoms with Gasteiger partial charge in [-0.05, 0) is 27.2 Å². The molecule has 13 heavy (non-hydrogen) atoms. The summed E-state index contributed by atoms with van der Waals surface area (Å²) in [4.78, 5) is 4.06. The summed E-state index contributed by atoms with van der Waals surface area (Å²) in [6.45, 7) is 8.01. The zero-order chi connectivity index (χ0) is 9.68. The fraction of sp³-hybridized carbons (Fsp3) is 0.700. The topological polar surface area (TPSA) is 27.1 Å². The molecule has 0 spiro atoms. The van der Waals surface area contributed by atoms with Crippen molar-refractivity contribution in [3.63, 3.8) is 0 Å². The second-order valence-electron chi connectivity index (χ2n) is 3.50. The SMILES string of the molecule is Cc1cncn1CCCOC(C)C. The molecule has 0 saturated heterocycles. The Balaban J connectivity index is 2.17. The van der Waals surface area contributed by atoms with Crippen LogP contribution in [0.2, 0.25) is 0 Å². The van der Waals surface area contributed by atoms with Crippen LogP contribution in [0.5, 0.6) is 0 Å². The molecule has 0 aromatic carbocycles. The van der Waals surface area contributed by atoms with Crippen molar-refractivity contribution in [1.29, 1.82) is 0 Å². The maximum atomic E-state index is 5.45. The van der Waals surface area contributed by atoms with E-state index in [0.29, 0.717) is 6.10 Å². The molecule has 0 fully saturated rings. The molecule has 1 aromatic heterocycles. The lowest BCUT2D eigenvalue weighted by Gasteiger charge is -2.08. The average Bonchev–Trinajstić information content (AvgIpc) is 2.45. The van der Waals surface area contributed by atoms with Crippen molar-refractivity contribution in [2.75, 3.05) is 6.61 Å². The first-order valence-electron chi connectivity index (χ1n) is 4.78. The Labute approximate surface area is 79.7 Å². The van der Waals surface area contributed by atoms with Crippen molar-refractivity contribution in [2.24, 2.45) is 0 Å². The van der Waals surface area contributed by atoms with Crippen LogP contribution in [0.1, 0.15) is 26.0 Å². The van der Waals surface area contributed by atoms with E-state index in [1.165, 1.54) is 5.69 Å². The minimum atomic E-state index is 0.337. The molecule has 0 atom stereocenters. The highest BCUT2D eigenvalue weighted by atomic mass is 16.5. The highest BCUT2D eigenvalue weighted by Crippen LogP contribution is 1.99. The van der Waals surface area contributed by atoms with Crippen molar-refractivity contribution in [1.82, 2.24) is 9.55 Å². The first-order valence-corrected chi connectivity index (χ1v) is 4.78. The molecule has 1 aromatic rings. The van der Waals surface area contributed by atoms with E-state index in [-0.39, 0.29) is 0 Å². The van der Waals surface area contributed by atoms with Crippen LogP contribution in [-0.4, -0.2) is 22.3 Å². The maximum Gasteiger partial charge on any atom is 0.0948 e. The van der Waals surface area contributed by atoms with Gasteiger partial charge < -0.3 is 9.30 Å². The summed E-state index contributed by atoms with van der Waals surface area (Å²) < 4.78 is 7.59. The molecule has 1 rings (SSSR count). The van der Waals surface area contributed by atoms with E-state index < -0.39 is 0 Å². The van der Waals surface area contributed by atoms with E-state index in [2.05, 4.69) is 30.3 Å². The Morgan fingerprint density at radius 2 is 2.31 bits per heavy atom. The standard InChI is InChI=1S/C10H18N2O/c1-9(2)13-6-4-5-12-8-11-7-10(12)3/h7-9H,4-6H2,1-3H3. The molecule has 74 valence electrons. The predicted molar refractivity (Wildman–Crippen MR) is 52.7 cm³/mol. The second-order valence-corrected chi connectivity index (χ2v) is 3.50. The van der Waals surface area contributed by atoms with Crippen molar-refractivity contribution in [2.45, 2.75) is 39.8 Å². The van der Waals surface area contributed by atoms with Gasteiger partial charge in [0.05, 0.1) is 12.4 Å². The lowest BCUT2D eigenvalue weighted by atomic mass is 10.4. The van der Waals surface area contributed by atoms with E-state index in [9.17, 15) is 0 Å². The Kier molecular flexibility index (Phi) is 3.96. The van der Waals surface area contributed by atoms with Crippen LogP contribution >= 0.6 is 0 Å². The van der Waals surface area contributed by atoms with Crippen LogP contribution in [0.25, 0.3) is 0 Å². The number of hydrogen-bond donors (Lipinski definition) is 0. The first kappa shape index (κ1) is 10.3. The number of ether oxygens (including phenoxy) is 1. The van der Waals surface area contributed by atoms with Gasteiger partial charge >= 0.3 is 0 Å². The summed E-state index contributed by atoms with van der Waals surface area (Å²) in [6.07, 6.45) is 5.13. The van der Waals surface area contributed by atoms with Crippen molar-refractivity contribution < 1.29 is 4.74 Å². The van der Waals surface area contributed by atoms with Gasteiger partial charge in [0.25, 0.3) is 0 Å². The lowest BCUT2D eigenvalue weighted by Crippen LogP contribution is -2.07. The predicted octanol–water partition coefficient (Wildman–Crippen LogP) is 2.01. The monoisotopic (exact) mass is 182 g/mol. The van der Waals surface area contributed by atoms with Gasteiger partial charge in [0.15, 0.2) is 0 Å². The van der Waals surface area contributed by atoms with E-state index in [0.717, 1.165) is 19.6 Å². The Morgan fingerprint density at radius 3 is 2.85 bits per heavy atom. The average molecular weight is 182 g/mol. The molecule has 0 aliphatic rings. The van der Waals surface area contributed by atoms with Crippen LogP contribution in [0.4, 0.5) is 0 Å². The molecule has 1 heterocycles. The van der Waals surface area contributed by atoms with Crippen LogP contribution in [0.3, 0.4) is 0 Å². The van der Waals surface area contributed by atoms with Crippen LogP contribution in [-0.2, 0) is 11.3 Å². The van der Waals surface area contributed by atoms with Gasteiger partial charge in [-0.1, -0.05) is 0 Å². The molecule has 0 unspecified atom stereocenters. The number of aryl methyl sites for hydroxylation is 2. The highest BCUT2D eigenvalue weighted by Gasteiger charge is 1.96. The molecule has 3 nitrogen and oxygen atoms in total. The molecule has 0 N–H and O–H groups in total. The summed E-state index contributed by atoms with van der Waals surface area (Å²) >= 11 is 0. The summed E-state index contributed by atoms with van der Waals surface area (Å²) in [5.41, 5.74) is 1.21. The summed E-state index contributed by atoms with van der Waals surface area (Å²) in [5, 5.41) is 0. The van der Waals surface area contributed by atoms with Gasteiger partial charge in [-0.25, -0.2) is 4.98 Å². The van der Waals surface area contributed by atoms with Crippen LogP contribution in [0, 0.1) is 6.92 Å². The zero-order valence-electron chi connectivity index (χ0n) is 8.66. The van der Waals surface area contributed by atoms with E-state index in [1.807, 2.05) is 12.5 Å². The molecule has 0 saturated carbocycles. The smallest absolute Gasteiger partial charge is 0.0948 e. The van der Waals surface area contributed by atoms with Crippen molar-refractivity contribution >= 4 is 0 Å². The molecule has 0 bridgehead atoms. The maximum absolute atomic E-state index is 5.45. The Bertz CT molecular complexity index is 243. The van der Waals surface area contributed by atoms with Gasteiger partial charge in [-0.2, -0.15) is 0 Å². The number of nitrogens with zero attached hydrogens (tertiary/aromatic N) is 2. The molecule has 0 radical (unpaired) electrons. The fourth-order valence-electron chi connectivity index (χ4n) is 1.17. The van der Waals surface area contributed by atoms with Gasteiger partial charge in [-0.3, -0.25) is 0 Å². The first-order chi connectivity index (χ1) is 6.20. The summed E-state index contributed by atoms with van der Waals surface area (Å²) in [5.74, 6) is 0. The Morgan fingerprint density at radius 1 is 1.54 bits per heavy atom. The molecule has 3 heteroatoms. The number of hydrogen-bond acceptors (Lipinski definition) is 2. The third-order valence-corrected chi connectivity index (χ3v) is 1.91. The minimum Gasteiger partial charge on any atom is -0.379 e.